The molecule has 2 N–H and O–H groups in total. The van der Waals surface area contributed by atoms with Crippen LogP contribution in [0.3, 0.4) is 0 Å². The third kappa shape index (κ3) is 4.73. The molecule has 0 heterocycles. The number of amides is 1. The number of carbonyl (C=O) groups excluding carboxylic acids is 1. The van der Waals surface area contributed by atoms with Crippen molar-refractivity contribution in [1.29, 1.82) is 0 Å². The van der Waals surface area contributed by atoms with Gasteiger partial charge < -0.3 is 5.32 Å². The Bertz CT molecular complexity index is 687. The van der Waals surface area contributed by atoms with Gasteiger partial charge in [-0.2, -0.15) is 0 Å². The summed E-state index contributed by atoms with van der Waals surface area (Å²) >= 11 is 0. The monoisotopic (exact) mass is 341 g/mol. The topological polar surface area (TPSA) is 118 Å². The Morgan fingerprint density at radius 1 is 1.30 bits per heavy atom. The van der Waals surface area contributed by atoms with Crippen LogP contribution < -0.4 is 10.0 Å². The van der Waals surface area contributed by atoms with Crippen molar-refractivity contribution >= 4 is 21.6 Å². The molecule has 1 aliphatic carbocycles. The lowest BCUT2D eigenvalue weighted by molar-refractivity contribution is -0.384. The maximum Gasteiger partial charge on any atom is 0.269 e. The molecule has 1 amide bonds. The van der Waals surface area contributed by atoms with Gasteiger partial charge in [0.05, 0.1) is 16.4 Å². The van der Waals surface area contributed by atoms with Crippen LogP contribution >= 0.6 is 0 Å². The Labute approximate surface area is 134 Å². The molecule has 1 fully saturated rings. The average Bonchev–Trinajstić information content (AvgIpc) is 2.90. The van der Waals surface area contributed by atoms with Gasteiger partial charge >= 0.3 is 0 Å². The van der Waals surface area contributed by atoms with Gasteiger partial charge in [-0.1, -0.05) is 6.92 Å². The molecule has 1 aromatic rings. The molecule has 2 atom stereocenters. The number of hydrogen-bond donors (Lipinski definition) is 2. The molecule has 0 bridgehead atoms. The highest BCUT2D eigenvalue weighted by molar-refractivity contribution is 7.89. The predicted molar refractivity (Wildman–Crippen MR) is 83.2 cm³/mol. The molecule has 0 aliphatic heterocycles. The predicted octanol–water partition coefficient (Wildman–Crippen LogP) is 1.18. The van der Waals surface area contributed by atoms with Gasteiger partial charge in [-0.3, -0.25) is 14.9 Å². The molecular weight excluding hydrogens is 322 g/mol. The first-order chi connectivity index (χ1) is 10.8. The third-order valence-corrected chi connectivity index (χ3v) is 5.26. The van der Waals surface area contributed by atoms with Crippen LogP contribution in [0.2, 0.25) is 0 Å². The Morgan fingerprint density at radius 2 is 1.96 bits per heavy atom. The van der Waals surface area contributed by atoms with Crippen LogP contribution in [-0.4, -0.2) is 31.8 Å². The molecule has 2 rings (SSSR count). The number of carbonyl (C=O) groups is 1. The van der Waals surface area contributed by atoms with Crippen LogP contribution in [0.15, 0.2) is 29.2 Å². The summed E-state index contributed by atoms with van der Waals surface area (Å²) in [5.74, 6) is 0.187. The average molecular weight is 341 g/mol. The van der Waals surface area contributed by atoms with Gasteiger partial charge in [-0.15, -0.1) is 0 Å². The molecule has 9 heteroatoms. The van der Waals surface area contributed by atoms with Crippen LogP contribution in [0.5, 0.6) is 0 Å². The minimum Gasteiger partial charge on any atom is -0.352 e. The normalized spacial score (nSPS) is 21.1. The number of non-ortho nitro benzene ring substituents is 1. The lowest BCUT2D eigenvalue weighted by Gasteiger charge is -2.13. The first kappa shape index (κ1) is 17.4. The molecule has 23 heavy (non-hydrogen) atoms. The van der Waals surface area contributed by atoms with E-state index in [-0.39, 0.29) is 29.1 Å². The smallest absolute Gasteiger partial charge is 0.269 e. The molecule has 0 aromatic heterocycles. The third-order valence-electron chi connectivity index (χ3n) is 3.84. The van der Waals surface area contributed by atoms with Crippen molar-refractivity contribution in [2.75, 3.05) is 6.54 Å². The zero-order chi connectivity index (χ0) is 17.0. The van der Waals surface area contributed by atoms with Gasteiger partial charge in [0.15, 0.2) is 0 Å². The maximum atomic E-state index is 12.0. The van der Waals surface area contributed by atoms with E-state index in [1.807, 2.05) is 0 Å². The SMILES string of the molecule is C[C@H]1CC[C@@H](NC(=O)CNS(=O)(=O)c2ccc([N+](=O)[O-])cc2)C1. The van der Waals surface area contributed by atoms with E-state index in [9.17, 15) is 23.3 Å². The van der Waals surface area contributed by atoms with Crippen molar-refractivity contribution in [3.8, 4) is 0 Å². The summed E-state index contributed by atoms with van der Waals surface area (Å²) in [7, 11) is -3.88. The summed E-state index contributed by atoms with van der Waals surface area (Å²) in [6.07, 6.45) is 2.86. The fourth-order valence-electron chi connectivity index (χ4n) is 2.61. The van der Waals surface area contributed by atoms with Crippen molar-refractivity contribution in [2.24, 2.45) is 5.92 Å². The molecule has 1 aromatic carbocycles. The highest BCUT2D eigenvalue weighted by Gasteiger charge is 2.23. The number of nitrogens with one attached hydrogen (secondary N) is 2. The molecular formula is C14H19N3O5S. The molecule has 1 saturated carbocycles. The van der Waals surface area contributed by atoms with Crippen LogP contribution in [0.1, 0.15) is 26.2 Å². The molecule has 0 saturated heterocycles. The summed E-state index contributed by atoms with van der Waals surface area (Å²) in [5.41, 5.74) is -0.197. The zero-order valence-corrected chi connectivity index (χ0v) is 13.5. The van der Waals surface area contributed by atoms with Crippen LogP contribution in [0.25, 0.3) is 0 Å². The number of benzene rings is 1. The fourth-order valence-corrected chi connectivity index (χ4v) is 3.59. The van der Waals surface area contributed by atoms with E-state index in [0.29, 0.717) is 5.92 Å². The van der Waals surface area contributed by atoms with E-state index in [2.05, 4.69) is 17.0 Å². The van der Waals surface area contributed by atoms with E-state index >= 15 is 0 Å². The lowest BCUT2D eigenvalue weighted by Crippen LogP contribution is -2.41. The van der Waals surface area contributed by atoms with E-state index < -0.39 is 14.9 Å². The van der Waals surface area contributed by atoms with Gasteiger partial charge in [0.2, 0.25) is 15.9 Å². The minimum absolute atomic E-state index is 0.0985. The molecule has 126 valence electrons. The first-order valence-electron chi connectivity index (χ1n) is 7.31. The highest BCUT2D eigenvalue weighted by Crippen LogP contribution is 2.24. The minimum atomic E-state index is -3.88. The largest absolute Gasteiger partial charge is 0.352 e. The number of hydrogen-bond acceptors (Lipinski definition) is 5. The molecule has 0 unspecified atom stereocenters. The van der Waals surface area contributed by atoms with Crippen LogP contribution in [0, 0.1) is 16.0 Å². The number of nitro groups is 1. The summed E-state index contributed by atoms with van der Waals surface area (Å²) in [5, 5.41) is 13.4. The van der Waals surface area contributed by atoms with Crippen LogP contribution in [0.4, 0.5) is 5.69 Å². The quantitative estimate of drug-likeness (QED) is 0.595. The van der Waals surface area contributed by atoms with Gasteiger partial charge in [-0.05, 0) is 37.3 Å². The van der Waals surface area contributed by atoms with Crippen molar-refractivity contribution in [3.63, 3.8) is 0 Å². The molecule has 0 radical (unpaired) electrons. The van der Waals surface area contributed by atoms with Crippen molar-refractivity contribution < 1.29 is 18.1 Å². The number of nitrogens with zero attached hydrogens (tertiary/aromatic N) is 1. The van der Waals surface area contributed by atoms with Crippen molar-refractivity contribution in [1.82, 2.24) is 10.0 Å². The summed E-state index contributed by atoms with van der Waals surface area (Å²) in [6, 6.07) is 4.58. The van der Waals surface area contributed by atoms with E-state index in [0.717, 1.165) is 43.5 Å². The molecule has 1 aliphatic rings. The second kappa shape index (κ2) is 7.05. The van der Waals surface area contributed by atoms with Gasteiger partial charge in [-0.25, -0.2) is 13.1 Å². The Morgan fingerprint density at radius 3 is 2.48 bits per heavy atom. The zero-order valence-electron chi connectivity index (χ0n) is 12.7. The van der Waals surface area contributed by atoms with Gasteiger partial charge in [0, 0.05) is 18.2 Å². The van der Waals surface area contributed by atoms with Crippen LogP contribution in [-0.2, 0) is 14.8 Å². The van der Waals surface area contributed by atoms with E-state index in [1.54, 1.807) is 0 Å². The van der Waals surface area contributed by atoms with E-state index in [4.69, 9.17) is 0 Å². The van der Waals surface area contributed by atoms with Crippen molar-refractivity contribution in [3.05, 3.63) is 34.4 Å². The Kier molecular flexibility index (Phi) is 5.32. The maximum absolute atomic E-state index is 12.0. The lowest BCUT2D eigenvalue weighted by atomic mass is 10.1. The number of nitro benzene ring substituents is 1. The second-order valence-corrected chi connectivity index (χ2v) is 7.53. The number of sulfonamides is 1. The Hall–Kier alpha value is -2.00. The summed E-state index contributed by atoms with van der Waals surface area (Å²) in [4.78, 5) is 21.6. The summed E-state index contributed by atoms with van der Waals surface area (Å²) in [6.45, 7) is 1.76. The molecule has 0 spiro atoms. The fraction of sp³-hybridized carbons (Fsp3) is 0.500. The van der Waals surface area contributed by atoms with Gasteiger partial charge in [0.25, 0.3) is 5.69 Å². The van der Waals surface area contributed by atoms with E-state index in [1.165, 1.54) is 0 Å². The second-order valence-electron chi connectivity index (χ2n) is 5.76. The Balaban J connectivity index is 1.90. The molecule has 8 nitrogen and oxygen atoms in total. The summed E-state index contributed by atoms with van der Waals surface area (Å²) < 4.78 is 26.3. The number of rotatable bonds is 6. The first-order valence-corrected chi connectivity index (χ1v) is 8.80. The van der Waals surface area contributed by atoms with Gasteiger partial charge in [0.1, 0.15) is 0 Å². The standard InChI is InChI=1S/C14H19N3O5S/c1-10-2-3-11(8-10)16-14(18)9-15-23(21,22)13-6-4-12(5-7-13)17(19)20/h4-7,10-11,15H,2-3,8-9H2,1H3,(H,16,18)/t10-,11+/m0/s1. The highest BCUT2D eigenvalue weighted by atomic mass is 32.2. The van der Waals surface area contributed by atoms with Crippen molar-refractivity contribution in [2.45, 2.75) is 37.1 Å².